The summed E-state index contributed by atoms with van der Waals surface area (Å²) in [7, 11) is 0. The molecule has 1 aliphatic heterocycles. The van der Waals surface area contributed by atoms with Crippen molar-refractivity contribution in [2.45, 2.75) is 26.8 Å². The van der Waals surface area contributed by atoms with Gasteiger partial charge in [0.15, 0.2) is 5.78 Å². The Morgan fingerprint density at radius 2 is 2.11 bits per heavy atom. The molecule has 28 heavy (non-hydrogen) atoms. The smallest absolute Gasteiger partial charge is 0.255 e. The third-order valence-corrected chi connectivity index (χ3v) is 4.35. The van der Waals surface area contributed by atoms with Crippen LogP contribution < -0.4 is 0 Å². The molecule has 0 saturated heterocycles. The lowest BCUT2D eigenvalue weighted by Gasteiger charge is -2.26. The fourth-order valence-corrected chi connectivity index (χ4v) is 2.77. The van der Waals surface area contributed by atoms with E-state index < -0.39 is 12.7 Å². The number of aliphatic hydroxyl groups is 1. The van der Waals surface area contributed by atoms with Gasteiger partial charge < -0.3 is 10.0 Å². The first-order valence-corrected chi connectivity index (χ1v) is 9.14. The molecule has 0 spiro atoms. The minimum absolute atomic E-state index is 0.0302. The van der Waals surface area contributed by atoms with E-state index in [0.29, 0.717) is 17.4 Å². The third kappa shape index (κ3) is 5.99. The summed E-state index contributed by atoms with van der Waals surface area (Å²) in [5, 5.41) is 9.10. The van der Waals surface area contributed by atoms with Crippen LogP contribution in [0, 0.1) is 5.92 Å². The standard InChI is InChI=1S/C20H25ClFN3O3/c1-13(2)19(27)18-11-25(20(28)17(18)5-7-23-4)14(3)15(9-16(21)12-26)10-24-8-6-22/h5,7,9-10,12-14,26H,4,6,8,11H2,1-3H3/b7-5-,15-9+,16-12-,24-10-. The molecular weight excluding hydrogens is 385 g/mol. The molecule has 1 amide bonds. The number of ketones is 1. The summed E-state index contributed by atoms with van der Waals surface area (Å²) in [5.41, 5.74) is 1.15. The van der Waals surface area contributed by atoms with Crippen molar-refractivity contribution < 1.29 is 19.1 Å². The van der Waals surface area contributed by atoms with Crippen molar-refractivity contribution in [2.75, 3.05) is 19.8 Å². The van der Waals surface area contributed by atoms with Crippen LogP contribution in [0.15, 0.2) is 56.4 Å². The van der Waals surface area contributed by atoms with Crippen molar-refractivity contribution in [1.82, 2.24) is 4.90 Å². The van der Waals surface area contributed by atoms with Gasteiger partial charge >= 0.3 is 0 Å². The minimum atomic E-state index is -0.623. The molecule has 0 radical (unpaired) electrons. The lowest BCUT2D eigenvalue weighted by atomic mass is 9.98. The van der Waals surface area contributed by atoms with E-state index in [0.717, 1.165) is 0 Å². The molecule has 1 rings (SSSR count). The summed E-state index contributed by atoms with van der Waals surface area (Å²) >= 11 is 5.88. The van der Waals surface area contributed by atoms with Gasteiger partial charge in [0.25, 0.3) is 5.91 Å². The highest BCUT2D eigenvalue weighted by Gasteiger charge is 2.36. The van der Waals surface area contributed by atoms with Crippen LogP contribution in [0.3, 0.4) is 0 Å². The monoisotopic (exact) mass is 409 g/mol. The van der Waals surface area contributed by atoms with E-state index in [2.05, 4.69) is 16.7 Å². The number of hydrogen-bond acceptors (Lipinski definition) is 5. The lowest BCUT2D eigenvalue weighted by molar-refractivity contribution is -0.126. The van der Waals surface area contributed by atoms with Gasteiger partial charge in [-0.2, -0.15) is 0 Å². The van der Waals surface area contributed by atoms with Crippen molar-refractivity contribution in [2.24, 2.45) is 15.9 Å². The third-order valence-electron chi connectivity index (χ3n) is 4.15. The maximum atomic E-state index is 13.0. The molecule has 152 valence electrons. The number of halogens is 2. The van der Waals surface area contributed by atoms with Gasteiger partial charge in [-0.15, -0.1) is 0 Å². The number of aliphatic hydroxyl groups excluding tert-OH is 1. The SMILES string of the molecule is C=N/C=C\C1=C(C(=O)C(C)C)CN(C(C)C(/C=N\CCF)=C/C(Cl)=C/O)C1=O. The van der Waals surface area contributed by atoms with Crippen LogP contribution in [0.4, 0.5) is 4.39 Å². The number of hydrogen-bond donors (Lipinski definition) is 1. The van der Waals surface area contributed by atoms with E-state index in [1.807, 2.05) is 0 Å². The predicted octanol–water partition coefficient (Wildman–Crippen LogP) is 3.56. The maximum Gasteiger partial charge on any atom is 0.255 e. The van der Waals surface area contributed by atoms with Crippen LogP contribution in [-0.4, -0.2) is 60.4 Å². The van der Waals surface area contributed by atoms with Gasteiger partial charge in [0.1, 0.15) is 6.67 Å². The van der Waals surface area contributed by atoms with E-state index in [-0.39, 0.29) is 41.3 Å². The Labute approximate surface area is 169 Å². The highest BCUT2D eigenvalue weighted by Crippen LogP contribution is 2.27. The number of allylic oxidation sites excluding steroid dienone is 2. The maximum absolute atomic E-state index is 13.0. The van der Waals surface area contributed by atoms with Crippen molar-refractivity contribution in [3.63, 3.8) is 0 Å². The highest BCUT2D eigenvalue weighted by atomic mass is 35.5. The Bertz CT molecular complexity index is 767. The second-order valence-electron chi connectivity index (χ2n) is 6.40. The summed E-state index contributed by atoms with van der Waals surface area (Å²) in [6.45, 7) is 8.07. The summed E-state index contributed by atoms with van der Waals surface area (Å²) in [4.78, 5) is 34.6. The van der Waals surface area contributed by atoms with Gasteiger partial charge in [-0.05, 0) is 31.4 Å². The van der Waals surface area contributed by atoms with E-state index in [9.17, 15) is 14.0 Å². The highest BCUT2D eigenvalue weighted by molar-refractivity contribution is 6.31. The Morgan fingerprint density at radius 3 is 2.64 bits per heavy atom. The molecule has 1 unspecified atom stereocenters. The molecule has 1 heterocycles. The van der Waals surface area contributed by atoms with Crippen molar-refractivity contribution in [3.05, 3.63) is 46.4 Å². The summed E-state index contributed by atoms with van der Waals surface area (Å²) in [6.07, 6.45) is 6.38. The Balaban J connectivity index is 3.29. The van der Waals surface area contributed by atoms with Crippen LogP contribution in [0.2, 0.25) is 0 Å². The number of carbonyl (C=O) groups is 2. The largest absolute Gasteiger partial charge is 0.514 e. The molecule has 0 bridgehead atoms. The number of amides is 1. The van der Waals surface area contributed by atoms with E-state index in [1.165, 1.54) is 29.5 Å². The number of nitrogens with zero attached hydrogens (tertiary/aromatic N) is 3. The summed E-state index contributed by atoms with van der Waals surface area (Å²) in [6, 6.07) is -0.526. The molecule has 1 N–H and O–H groups in total. The van der Waals surface area contributed by atoms with Gasteiger partial charge in [-0.3, -0.25) is 19.6 Å². The fourth-order valence-electron chi connectivity index (χ4n) is 2.64. The minimum Gasteiger partial charge on any atom is -0.514 e. The first kappa shape index (κ1) is 23.5. The zero-order valence-electron chi connectivity index (χ0n) is 16.2. The average molecular weight is 410 g/mol. The average Bonchev–Trinajstić information content (AvgIpc) is 3.00. The zero-order valence-corrected chi connectivity index (χ0v) is 17.0. The second kappa shape index (κ2) is 11.3. The number of rotatable bonds is 10. The molecule has 1 aliphatic rings. The number of Topliss-reactive ketones (excluding diaryl/α,β-unsaturated/α-hetero) is 1. The topological polar surface area (TPSA) is 82.3 Å². The van der Waals surface area contributed by atoms with Crippen molar-refractivity contribution in [1.29, 1.82) is 0 Å². The summed E-state index contributed by atoms with van der Waals surface area (Å²) in [5.74, 6) is -0.743. The van der Waals surface area contributed by atoms with Crippen molar-refractivity contribution in [3.8, 4) is 0 Å². The van der Waals surface area contributed by atoms with E-state index in [4.69, 9.17) is 16.7 Å². The molecule has 1 atom stereocenters. The molecule has 0 aromatic carbocycles. The van der Waals surface area contributed by atoms with E-state index in [1.54, 1.807) is 20.8 Å². The predicted molar refractivity (Wildman–Crippen MR) is 111 cm³/mol. The molecule has 6 nitrogen and oxygen atoms in total. The number of aliphatic imine (C=N–C) groups is 2. The molecule has 8 heteroatoms. The van der Waals surface area contributed by atoms with E-state index >= 15 is 0 Å². The van der Waals surface area contributed by atoms with Crippen LogP contribution in [0.1, 0.15) is 20.8 Å². The van der Waals surface area contributed by atoms with Crippen LogP contribution in [-0.2, 0) is 9.59 Å². The first-order chi connectivity index (χ1) is 13.3. The van der Waals surface area contributed by atoms with Crippen LogP contribution >= 0.6 is 11.6 Å². The molecule has 0 aliphatic carbocycles. The van der Waals surface area contributed by atoms with Crippen molar-refractivity contribution >= 4 is 36.2 Å². The molecule has 0 saturated carbocycles. The number of alkyl halides is 1. The quantitative estimate of drug-likeness (QED) is 0.340. The second-order valence-corrected chi connectivity index (χ2v) is 6.84. The normalized spacial score (nSPS) is 17.5. The fraction of sp³-hybridized carbons (Fsp3) is 0.400. The lowest BCUT2D eigenvalue weighted by Crippen LogP contribution is -2.38. The van der Waals surface area contributed by atoms with Gasteiger partial charge in [0.2, 0.25) is 0 Å². The van der Waals surface area contributed by atoms with Gasteiger partial charge in [0.05, 0.1) is 30.4 Å². The summed E-state index contributed by atoms with van der Waals surface area (Å²) < 4.78 is 12.4. The zero-order chi connectivity index (χ0) is 21.3. The first-order valence-electron chi connectivity index (χ1n) is 8.76. The molecule has 0 aromatic heterocycles. The van der Waals surface area contributed by atoms with Gasteiger partial charge in [-0.1, -0.05) is 25.4 Å². The Kier molecular flexibility index (Phi) is 9.51. The molecular formula is C20H25ClFN3O3. The Hall–Kier alpha value is -2.54. The molecule has 0 aromatic rings. The number of carbonyl (C=O) groups excluding carboxylic acids is 2. The Morgan fingerprint density at radius 1 is 1.43 bits per heavy atom. The van der Waals surface area contributed by atoms with Gasteiger partial charge in [-0.25, -0.2) is 4.39 Å². The van der Waals surface area contributed by atoms with Gasteiger partial charge in [0, 0.05) is 29.5 Å². The van der Waals surface area contributed by atoms with Crippen LogP contribution in [0.5, 0.6) is 0 Å². The van der Waals surface area contributed by atoms with Crippen LogP contribution in [0.25, 0.3) is 0 Å². The molecule has 0 fully saturated rings.